The zero-order valence-corrected chi connectivity index (χ0v) is 13.7. The van der Waals surface area contributed by atoms with Crippen LogP contribution in [0.15, 0.2) is 18.2 Å². The first kappa shape index (κ1) is 16.1. The third-order valence-electron chi connectivity index (χ3n) is 3.87. The average Bonchev–Trinajstić information content (AvgIpc) is 2.73. The zero-order valence-electron chi connectivity index (χ0n) is 13.7. The number of nitrogens with zero attached hydrogens (tertiary/aromatic N) is 2. The maximum Gasteiger partial charge on any atom is 0.122 e. The quantitative estimate of drug-likeness (QED) is 0.813. The smallest absolute Gasteiger partial charge is 0.122 e. The van der Waals surface area contributed by atoms with Crippen molar-refractivity contribution in [2.24, 2.45) is 0 Å². The van der Waals surface area contributed by atoms with Crippen molar-refractivity contribution in [3.8, 4) is 5.75 Å². The highest BCUT2D eigenvalue weighted by atomic mass is 16.5. The van der Waals surface area contributed by atoms with Gasteiger partial charge in [-0.1, -0.05) is 0 Å². The summed E-state index contributed by atoms with van der Waals surface area (Å²) in [5, 5.41) is 3.45. The molecule has 0 bridgehead atoms. The Hall–Kier alpha value is -1.26. The largest absolute Gasteiger partial charge is 0.493 e. The highest BCUT2D eigenvalue weighted by Crippen LogP contribution is 2.25. The van der Waals surface area contributed by atoms with Crippen LogP contribution in [0.4, 0.5) is 5.69 Å². The van der Waals surface area contributed by atoms with E-state index in [1.165, 1.54) is 17.7 Å². The summed E-state index contributed by atoms with van der Waals surface area (Å²) in [6, 6.07) is 6.57. The molecule has 1 N–H and O–H groups in total. The molecule has 1 heterocycles. The van der Waals surface area contributed by atoms with Crippen molar-refractivity contribution in [1.82, 2.24) is 10.2 Å². The van der Waals surface area contributed by atoms with Crippen molar-refractivity contribution in [1.29, 1.82) is 0 Å². The van der Waals surface area contributed by atoms with Gasteiger partial charge in [0.1, 0.15) is 5.75 Å². The molecule has 0 radical (unpaired) electrons. The Labute approximate surface area is 129 Å². The number of hydrogen-bond acceptors (Lipinski definition) is 4. The summed E-state index contributed by atoms with van der Waals surface area (Å²) in [4.78, 5) is 4.65. The molecule has 0 unspecified atom stereocenters. The van der Waals surface area contributed by atoms with E-state index < -0.39 is 0 Å². The van der Waals surface area contributed by atoms with E-state index in [0.29, 0.717) is 0 Å². The monoisotopic (exact) mass is 291 g/mol. The van der Waals surface area contributed by atoms with E-state index in [4.69, 9.17) is 4.74 Å². The van der Waals surface area contributed by atoms with Crippen LogP contribution < -0.4 is 15.0 Å². The highest BCUT2D eigenvalue weighted by Gasteiger charge is 2.11. The van der Waals surface area contributed by atoms with E-state index >= 15 is 0 Å². The van der Waals surface area contributed by atoms with Crippen LogP contribution in [0, 0.1) is 6.92 Å². The van der Waals surface area contributed by atoms with Crippen molar-refractivity contribution < 1.29 is 4.74 Å². The molecule has 0 aliphatic carbocycles. The van der Waals surface area contributed by atoms with Gasteiger partial charge in [-0.2, -0.15) is 0 Å². The van der Waals surface area contributed by atoms with E-state index in [2.05, 4.69) is 54.3 Å². The molecule has 1 aromatic carbocycles. The Balaban J connectivity index is 1.90. The van der Waals surface area contributed by atoms with E-state index in [0.717, 1.165) is 51.5 Å². The van der Waals surface area contributed by atoms with E-state index in [-0.39, 0.29) is 0 Å². The van der Waals surface area contributed by atoms with Gasteiger partial charge in [-0.05, 0) is 64.2 Å². The van der Waals surface area contributed by atoms with Crippen LogP contribution in [0.5, 0.6) is 5.75 Å². The number of rotatable bonds is 6. The van der Waals surface area contributed by atoms with Crippen LogP contribution in [0.2, 0.25) is 0 Å². The molecule has 2 rings (SSSR count). The van der Waals surface area contributed by atoms with Gasteiger partial charge in [-0.25, -0.2) is 0 Å². The second-order valence-corrected chi connectivity index (χ2v) is 6.05. The van der Waals surface area contributed by atoms with Crippen LogP contribution in [-0.4, -0.2) is 58.3 Å². The van der Waals surface area contributed by atoms with E-state index in [9.17, 15) is 0 Å². The fourth-order valence-electron chi connectivity index (χ4n) is 2.66. The molecule has 4 nitrogen and oxygen atoms in total. The van der Waals surface area contributed by atoms with Crippen LogP contribution in [-0.2, 0) is 0 Å². The van der Waals surface area contributed by atoms with Crippen molar-refractivity contribution in [3.63, 3.8) is 0 Å². The van der Waals surface area contributed by atoms with Gasteiger partial charge in [0.2, 0.25) is 0 Å². The number of anilines is 1. The van der Waals surface area contributed by atoms with Crippen LogP contribution in [0.1, 0.15) is 18.4 Å². The Morgan fingerprint density at radius 2 is 2.10 bits per heavy atom. The zero-order chi connectivity index (χ0) is 15.1. The molecule has 0 saturated carbocycles. The molecule has 118 valence electrons. The SMILES string of the molecule is Cc1cc(N2CCCNCC2)ccc1OCCCN(C)C. The van der Waals surface area contributed by atoms with Gasteiger partial charge in [0, 0.05) is 31.9 Å². The molecule has 1 aromatic rings. The fraction of sp³-hybridized carbons (Fsp3) is 0.647. The number of nitrogens with one attached hydrogen (secondary N) is 1. The Bertz CT molecular complexity index is 426. The second kappa shape index (κ2) is 8.25. The summed E-state index contributed by atoms with van der Waals surface area (Å²) in [5.41, 5.74) is 2.55. The lowest BCUT2D eigenvalue weighted by Crippen LogP contribution is -2.27. The van der Waals surface area contributed by atoms with Crippen molar-refractivity contribution in [2.75, 3.05) is 58.3 Å². The minimum absolute atomic E-state index is 0.784. The van der Waals surface area contributed by atoms with Gasteiger partial charge in [0.05, 0.1) is 6.61 Å². The summed E-state index contributed by atoms with van der Waals surface area (Å²) < 4.78 is 5.90. The minimum atomic E-state index is 0.784. The lowest BCUT2D eigenvalue weighted by Gasteiger charge is -2.23. The molecule has 1 aliphatic heterocycles. The number of hydrogen-bond donors (Lipinski definition) is 1. The standard InChI is InChI=1S/C17H29N3O/c1-15-14-16(20-11-4-8-18-9-12-20)6-7-17(15)21-13-5-10-19(2)3/h6-7,14,18H,4-5,8-13H2,1-3H3. The maximum atomic E-state index is 5.90. The molecule has 1 aliphatic rings. The molecule has 4 heteroatoms. The normalized spacial score (nSPS) is 16.1. The molecule has 21 heavy (non-hydrogen) atoms. The molecule has 1 saturated heterocycles. The summed E-state index contributed by atoms with van der Waals surface area (Å²) in [6.45, 7) is 8.41. The topological polar surface area (TPSA) is 27.7 Å². The van der Waals surface area contributed by atoms with Gasteiger partial charge in [0.25, 0.3) is 0 Å². The number of ether oxygens (including phenoxy) is 1. The molecule has 0 amide bonds. The van der Waals surface area contributed by atoms with E-state index in [1.807, 2.05) is 0 Å². The second-order valence-electron chi connectivity index (χ2n) is 6.05. The molecule has 0 aromatic heterocycles. The first-order chi connectivity index (χ1) is 10.2. The summed E-state index contributed by atoms with van der Waals surface area (Å²) >= 11 is 0. The Morgan fingerprint density at radius 1 is 1.24 bits per heavy atom. The highest BCUT2D eigenvalue weighted by molar-refractivity contribution is 5.53. The number of aryl methyl sites for hydroxylation is 1. The minimum Gasteiger partial charge on any atom is -0.493 e. The van der Waals surface area contributed by atoms with Gasteiger partial charge < -0.3 is 19.9 Å². The molecule has 1 fully saturated rings. The molecular weight excluding hydrogens is 262 g/mol. The summed E-state index contributed by atoms with van der Waals surface area (Å²) in [6.07, 6.45) is 2.27. The van der Waals surface area contributed by atoms with Crippen molar-refractivity contribution in [3.05, 3.63) is 23.8 Å². The lowest BCUT2D eigenvalue weighted by molar-refractivity contribution is 0.280. The van der Waals surface area contributed by atoms with Gasteiger partial charge >= 0.3 is 0 Å². The summed E-state index contributed by atoms with van der Waals surface area (Å²) in [5.74, 6) is 1.02. The van der Waals surface area contributed by atoms with Crippen molar-refractivity contribution in [2.45, 2.75) is 19.8 Å². The van der Waals surface area contributed by atoms with Crippen molar-refractivity contribution >= 4 is 5.69 Å². The molecule has 0 spiro atoms. The molecule has 0 atom stereocenters. The predicted molar refractivity (Wildman–Crippen MR) is 89.5 cm³/mol. The van der Waals surface area contributed by atoms with Gasteiger partial charge in [0.15, 0.2) is 0 Å². The predicted octanol–water partition coefficient (Wildman–Crippen LogP) is 2.13. The van der Waals surface area contributed by atoms with Crippen LogP contribution in [0.25, 0.3) is 0 Å². The average molecular weight is 291 g/mol. The Kier molecular flexibility index (Phi) is 6.33. The van der Waals surface area contributed by atoms with Crippen LogP contribution in [0.3, 0.4) is 0 Å². The summed E-state index contributed by atoms with van der Waals surface area (Å²) in [7, 11) is 4.19. The van der Waals surface area contributed by atoms with E-state index in [1.54, 1.807) is 0 Å². The maximum absolute atomic E-state index is 5.90. The first-order valence-corrected chi connectivity index (χ1v) is 8.00. The first-order valence-electron chi connectivity index (χ1n) is 8.00. The number of benzene rings is 1. The van der Waals surface area contributed by atoms with Gasteiger partial charge in [-0.15, -0.1) is 0 Å². The third kappa shape index (κ3) is 5.21. The lowest BCUT2D eigenvalue weighted by atomic mass is 10.2. The Morgan fingerprint density at radius 3 is 2.86 bits per heavy atom. The van der Waals surface area contributed by atoms with Crippen LogP contribution >= 0.6 is 0 Å². The third-order valence-corrected chi connectivity index (χ3v) is 3.87. The van der Waals surface area contributed by atoms with Gasteiger partial charge in [-0.3, -0.25) is 0 Å². The molecular formula is C17H29N3O. The fourth-order valence-corrected chi connectivity index (χ4v) is 2.66.